The van der Waals surface area contributed by atoms with Crippen molar-refractivity contribution in [3.8, 4) is 0 Å². The fourth-order valence-electron chi connectivity index (χ4n) is 1.77. The first-order valence-corrected chi connectivity index (χ1v) is 7.22. The molecule has 0 spiro atoms. The first-order chi connectivity index (χ1) is 10.6. The lowest BCUT2D eigenvalue weighted by Gasteiger charge is -2.10. The number of hydrogen-bond acceptors (Lipinski definition) is 4. The number of carbonyl (C=O) groups is 1. The maximum absolute atomic E-state index is 13.5. The van der Waals surface area contributed by atoms with Gasteiger partial charge in [-0.25, -0.2) is 4.39 Å². The topological polar surface area (TPSA) is 66.9 Å². The third-order valence-corrected chi connectivity index (χ3v) is 3.30. The summed E-state index contributed by atoms with van der Waals surface area (Å²) in [5.41, 5.74) is 0.805. The van der Waals surface area contributed by atoms with Gasteiger partial charge >= 0.3 is 0 Å². The molecule has 1 unspecified atom stereocenters. The van der Waals surface area contributed by atoms with E-state index in [1.807, 2.05) is 13.8 Å². The standard InChI is InChI=1S/C16H19FN4O/c1-3-11(2)19-16(22)14-8-9-15(21-20-14)18-10-12-6-4-5-7-13(12)17/h4-9,11H,3,10H2,1-2H3,(H,18,21)(H,19,22). The van der Waals surface area contributed by atoms with Gasteiger partial charge in [-0.15, -0.1) is 10.2 Å². The van der Waals surface area contributed by atoms with Crippen molar-refractivity contribution in [2.24, 2.45) is 0 Å². The average Bonchev–Trinajstić information content (AvgIpc) is 2.54. The maximum atomic E-state index is 13.5. The second-order valence-corrected chi connectivity index (χ2v) is 5.03. The van der Waals surface area contributed by atoms with E-state index < -0.39 is 0 Å². The second-order valence-electron chi connectivity index (χ2n) is 5.03. The molecule has 2 rings (SSSR count). The van der Waals surface area contributed by atoms with Crippen molar-refractivity contribution in [3.63, 3.8) is 0 Å². The Morgan fingerprint density at radius 3 is 2.64 bits per heavy atom. The highest BCUT2D eigenvalue weighted by Crippen LogP contribution is 2.09. The lowest BCUT2D eigenvalue weighted by Crippen LogP contribution is -2.32. The molecule has 1 aromatic heterocycles. The number of halogens is 1. The van der Waals surface area contributed by atoms with Crippen molar-refractivity contribution < 1.29 is 9.18 Å². The summed E-state index contributed by atoms with van der Waals surface area (Å²) in [6.45, 7) is 4.22. The Bertz CT molecular complexity index is 630. The van der Waals surface area contributed by atoms with Crippen LogP contribution in [-0.4, -0.2) is 22.1 Å². The highest BCUT2D eigenvalue weighted by atomic mass is 19.1. The van der Waals surface area contributed by atoms with Crippen LogP contribution in [-0.2, 0) is 6.54 Å². The van der Waals surface area contributed by atoms with Crippen LogP contribution in [0.25, 0.3) is 0 Å². The van der Waals surface area contributed by atoms with Gasteiger partial charge in [0.15, 0.2) is 5.69 Å². The number of amides is 1. The van der Waals surface area contributed by atoms with Gasteiger partial charge in [0, 0.05) is 18.2 Å². The predicted molar refractivity (Wildman–Crippen MR) is 83.0 cm³/mol. The van der Waals surface area contributed by atoms with Gasteiger partial charge in [0.2, 0.25) is 0 Å². The molecule has 0 saturated carbocycles. The molecule has 0 aliphatic heterocycles. The number of aromatic nitrogens is 2. The third-order valence-electron chi connectivity index (χ3n) is 3.30. The minimum atomic E-state index is -0.271. The van der Waals surface area contributed by atoms with Crippen molar-refractivity contribution >= 4 is 11.7 Å². The quantitative estimate of drug-likeness (QED) is 0.861. The molecule has 1 amide bonds. The Labute approximate surface area is 129 Å². The van der Waals surface area contributed by atoms with E-state index in [0.717, 1.165) is 6.42 Å². The largest absolute Gasteiger partial charge is 0.364 e. The Hall–Kier alpha value is -2.50. The highest BCUT2D eigenvalue weighted by Gasteiger charge is 2.10. The zero-order valence-electron chi connectivity index (χ0n) is 12.6. The molecule has 0 aliphatic carbocycles. The van der Waals surface area contributed by atoms with Gasteiger partial charge in [-0.05, 0) is 31.5 Å². The van der Waals surface area contributed by atoms with Crippen LogP contribution in [0.5, 0.6) is 0 Å². The van der Waals surface area contributed by atoms with Gasteiger partial charge < -0.3 is 10.6 Å². The molecular formula is C16H19FN4O. The summed E-state index contributed by atoms with van der Waals surface area (Å²) >= 11 is 0. The van der Waals surface area contributed by atoms with Crippen molar-refractivity contribution in [2.45, 2.75) is 32.9 Å². The number of nitrogens with one attached hydrogen (secondary N) is 2. The Kier molecular flexibility index (Phi) is 5.41. The molecule has 116 valence electrons. The summed E-state index contributed by atoms with van der Waals surface area (Å²) in [6.07, 6.45) is 0.849. The average molecular weight is 302 g/mol. The number of hydrogen-bond donors (Lipinski definition) is 2. The molecule has 5 nitrogen and oxygen atoms in total. The van der Waals surface area contributed by atoms with Crippen LogP contribution in [0.1, 0.15) is 36.3 Å². The van der Waals surface area contributed by atoms with E-state index in [4.69, 9.17) is 0 Å². The zero-order valence-corrected chi connectivity index (χ0v) is 12.6. The van der Waals surface area contributed by atoms with Gasteiger partial charge in [0.05, 0.1) is 0 Å². The van der Waals surface area contributed by atoms with Gasteiger partial charge in [0.25, 0.3) is 5.91 Å². The lowest BCUT2D eigenvalue weighted by molar-refractivity contribution is 0.0933. The highest BCUT2D eigenvalue weighted by molar-refractivity contribution is 5.92. The Morgan fingerprint density at radius 1 is 1.23 bits per heavy atom. The van der Waals surface area contributed by atoms with Crippen LogP contribution in [0.2, 0.25) is 0 Å². The SMILES string of the molecule is CCC(C)NC(=O)c1ccc(NCc2ccccc2F)nn1. The summed E-state index contributed by atoms with van der Waals surface area (Å²) in [6, 6.07) is 9.85. The summed E-state index contributed by atoms with van der Waals surface area (Å²) in [5.74, 6) is -0.0293. The molecule has 0 radical (unpaired) electrons. The second kappa shape index (κ2) is 7.49. The summed E-state index contributed by atoms with van der Waals surface area (Å²) in [4.78, 5) is 11.9. The van der Waals surface area contributed by atoms with E-state index in [2.05, 4.69) is 20.8 Å². The van der Waals surface area contributed by atoms with E-state index in [1.54, 1.807) is 30.3 Å². The van der Waals surface area contributed by atoms with E-state index in [-0.39, 0.29) is 23.5 Å². The van der Waals surface area contributed by atoms with Gasteiger partial charge in [-0.1, -0.05) is 25.1 Å². The summed E-state index contributed by atoms with van der Waals surface area (Å²) < 4.78 is 13.5. The number of nitrogens with zero attached hydrogens (tertiary/aromatic N) is 2. The van der Waals surface area contributed by atoms with Crippen molar-refractivity contribution in [3.05, 3.63) is 53.5 Å². The lowest BCUT2D eigenvalue weighted by atomic mass is 10.2. The molecule has 0 fully saturated rings. The maximum Gasteiger partial charge on any atom is 0.272 e. The van der Waals surface area contributed by atoms with Gasteiger partial charge in [0.1, 0.15) is 11.6 Å². The van der Waals surface area contributed by atoms with Gasteiger partial charge in [-0.3, -0.25) is 4.79 Å². The van der Waals surface area contributed by atoms with E-state index in [1.165, 1.54) is 6.07 Å². The van der Waals surface area contributed by atoms with Crippen molar-refractivity contribution in [1.82, 2.24) is 15.5 Å². The first-order valence-electron chi connectivity index (χ1n) is 7.22. The molecule has 0 bridgehead atoms. The first kappa shape index (κ1) is 15.9. The molecule has 0 saturated heterocycles. The normalized spacial score (nSPS) is 11.8. The minimum absolute atomic E-state index is 0.0909. The molecule has 6 heteroatoms. The number of rotatable bonds is 6. The fraction of sp³-hybridized carbons (Fsp3) is 0.312. The summed E-state index contributed by atoms with van der Waals surface area (Å²) in [7, 11) is 0. The van der Waals surface area contributed by atoms with Crippen molar-refractivity contribution in [1.29, 1.82) is 0 Å². The van der Waals surface area contributed by atoms with E-state index in [0.29, 0.717) is 17.9 Å². The molecule has 0 aliphatic rings. The Morgan fingerprint density at radius 2 is 2.00 bits per heavy atom. The van der Waals surface area contributed by atoms with Crippen LogP contribution in [0, 0.1) is 5.82 Å². The smallest absolute Gasteiger partial charge is 0.272 e. The van der Waals surface area contributed by atoms with Crippen molar-refractivity contribution in [2.75, 3.05) is 5.32 Å². The monoisotopic (exact) mass is 302 g/mol. The predicted octanol–water partition coefficient (Wildman–Crippen LogP) is 2.76. The van der Waals surface area contributed by atoms with Crippen LogP contribution < -0.4 is 10.6 Å². The Balaban J connectivity index is 1.95. The molecule has 22 heavy (non-hydrogen) atoms. The third kappa shape index (κ3) is 4.25. The molecular weight excluding hydrogens is 283 g/mol. The summed E-state index contributed by atoms with van der Waals surface area (Å²) in [5, 5.41) is 13.6. The number of carbonyl (C=O) groups excluding carboxylic acids is 1. The molecule has 2 N–H and O–H groups in total. The number of benzene rings is 1. The van der Waals surface area contributed by atoms with Crippen LogP contribution in [0.3, 0.4) is 0 Å². The minimum Gasteiger partial charge on any atom is -0.364 e. The fourth-order valence-corrected chi connectivity index (χ4v) is 1.77. The molecule has 2 aromatic rings. The van der Waals surface area contributed by atoms with Crippen LogP contribution in [0.15, 0.2) is 36.4 Å². The molecule has 1 aromatic carbocycles. The van der Waals surface area contributed by atoms with Crippen LogP contribution in [0.4, 0.5) is 10.2 Å². The zero-order chi connectivity index (χ0) is 15.9. The van der Waals surface area contributed by atoms with E-state index in [9.17, 15) is 9.18 Å². The number of anilines is 1. The van der Waals surface area contributed by atoms with Gasteiger partial charge in [-0.2, -0.15) is 0 Å². The van der Waals surface area contributed by atoms with E-state index >= 15 is 0 Å². The van der Waals surface area contributed by atoms with Crippen LogP contribution >= 0.6 is 0 Å². The molecule has 1 atom stereocenters. The molecule has 1 heterocycles.